The van der Waals surface area contributed by atoms with E-state index < -0.39 is 10.0 Å². The van der Waals surface area contributed by atoms with Gasteiger partial charge in [-0.05, 0) is 55.3 Å². The third kappa shape index (κ3) is 7.07. The molecule has 0 unspecified atom stereocenters. The van der Waals surface area contributed by atoms with Crippen molar-refractivity contribution in [1.82, 2.24) is 5.32 Å². The second-order valence-corrected chi connectivity index (χ2v) is 8.58. The molecule has 0 bridgehead atoms. The van der Waals surface area contributed by atoms with Gasteiger partial charge in [0.1, 0.15) is 0 Å². The molecular formula is C20H24ClN3O4S. The number of carbonyl (C=O) groups is 2. The zero-order valence-electron chi connectivity index (χ0n) is 16.3. The second-order valence-electron chi connectivity index (χ2n) is 6.49. The quantitative estimate of drug-likeness (QED) is 0.556. The Bertz CT molecular complexity index is 976. The van der Waals surface area contributed by atoms with Gasteiger partial charge >= 0.3 is 0 Å². The van der Waals surface area contributed by atoms with Gasteiger partial charge in [0.2, 0.25) is 11.8 Å². The molecule has 0 aromatic heterocycles. The molecule has 0 radical (unpaired) electrons. The van der Waals surface area contributed by atoms with Gasteiger partial charge in [0.05, 0.1) is 4.90 Å². The third-order valence-electron chi connectivity index (χ3n) is 4.01. The number of amides is 2. The number of sulfonamides is 1. The van der Waals surface area contributed by atoms with Crippen LogP contribution in [0.1, 0.15) is 31.7 Å². The molecule has 0 saturated heterocycles. The predicted octanol–water partition coefficient (Wildman–Crippen LogP) is 3.69. The molecule has 0 aliphatic carbocycles. The van der Waals surface area contributed by atoms with Crippen molar-refractivity contribution in [2.24, 2.45) is 0 Å². The van der Waals surface area contributed by atoms with Gasteiger partial charge in [0, 0.05) is 35.8 Å². The van der Waals surface area contributed by atoms with E-state index in [0.717, 1.165) is 6.42 Å². The van der Waals surface area contributed by atoms with E-state index in [1.54, 1.807) is 43.3 Å². The van der Waals surface area contributed by atoms with E-state index in [9.17, 15) is 18.0 Å². The lowest BCUT2D eigenvalue weighted by Gasteiger charge is -2.13. The first-order valence-electron chi connectivity index (χ1n) is 9.17. The van der Waals surface area contributed by atoms with Crippen molar-refractivity contribution in [3.8, 4) is 0 Å². The van der Waals surface area contributed by atoms with Crippen molar-refractivity contribution < 1.29 is 18.0 Å². The summed E-state index contributed by atoms with van der Waals surface area (Å²) in [4.78, 5) is 23.7. The molecule has 0 aliphatic rings. The highest BCUT2D eigenvalue weighted by molar-refractivity contribution is 7.92. The number of nitrogens with one attached hydrogen (secondary N) is 3. The fourth-order valence-electron chi connectivity index (χ4n) is 2.50. The highest BCUT2D eigenvalue weighted by Crippen LogP contribution is 2.24. The molecule has 7 nitrogen and oxygen atoms in total. The Balaban J connectivity index is 2.07. The minimum Gasteiger partial charge on any atom is -0.356 e. The molecule has 0 saturated carbocycles. The average molecular weight is 438 g/mol. The molecule has 3 N–H and O–H groups in total. The van der Waals surface area contributed by atoms with Gasteiger partial charge < -0.3 is 10.6 Å². The Kier molecular flexibility index (Phi) is 8.04. The first-order valence-corrected chi connectivity index (χ1v) is 11.0. The molecule has 2 aromatic carbocycles. The van der Waals surface area contributed by atoms with Crippen molar-refractivity contribution in [2.45, 2.75) is 38.0 Å². The van der Waals surface area contributed by atoms with Crippen LogP contribution in [0.15, 0.2) is 47.4 Å². The first-order chi connectivity index (χ1) is 13.7. The zero-order valence-corrected chi connectivity index (χ0v) is 17.9. The van der Waals surface area contributed by atoms with Gasteiger partial charge in [-0.1, -0.05) is 24.6 Å². The van der Waals surface area contributed by atoms with Gasteiger partial charge in [-0.2, -0.15) is 0 Å². The lowest BCUT2D eigenvalue weighted by molar-refractivity contribution is -0.124. The van der Waals surface area contributed by atoms with Crippen LogP contribution in [-0.4, -0.2) is 26.8 Å². The smallest absolute Gasteiger partial charge is 0.262 e. The number of anilines is 2. The Morgan fingerprint density at radius 3 is 2.24 bits per heavy atom. The number of hydrogen-bond acceptors (Lipinski definition) is 4. The molecule has 2 rings (SSSR count). The number of halogens is 1. The minimum absolute atomic E-state index is 0.00846. The van der Waals surface area contributed by atoms with Crippen LogP contribution < -0.4 is 15.4 Å². The number of rotatable bonds is 9. The fourth-order valence-corrected chi connectivity index (χ4v) is 3.96. The number of carbonyl (C=O) groups excluding carboxylic acids is 2. The number of aryl methyl sites for hydroxylation is 1. The van der Waals surface area contributed by atoms with E-state index in [1.165, 1.54) is 6.07 Å². The van der Waals surface area contributed by atoms with Crippen LogP contribution in [0.3, 0.4) is 0 Å². The topological polar surface area (TPSA) is 104 Å². The van der Waals surface area contributed by atoms with E-state index >= 15 is 0 Å². The van der Waals surface area contributed by atoms with Crippen LogP contribution in [0, 0.1) is 6.92 Å². The summed E-state index contributed by atoms with van der Waals surface area (Å²) in [5, 5.41) is 5.83. The minimum atomic E-state index is -3.86. The Labute approximate surface area is 175 Å². The summed E-state index contributed by atoms with van der Waals surface area (Å²) in [6.45, 7) is 4.18. The van der Waals surface area contributed by atoms with Gasteiger partial charge in [-0.15, -0.1) is 0 Å². The monoisotopic (exact) mass is 437 g/mol. The normalized spacial score (nSPS) is 11.0. The molecule has 9 heteroatoms. The summed E-state index contributed by atoms with van der Waals surface area (Å²) in [5.74, 6) is -0.559. The molecular weight excluding hydrogens is 414 g/mol. The van der Waals surface area contributed by atoms with Crippen LogP contribution in [-0.2, 0) is 19.6 Å². The molecule has 2 amide bonds. The largest absolute Gasteiger partial charge is 0.356 e. The maximum absolute atomic E-state index is 12.8. The van der Waals surface area contributed by atoms with Gasteiger partial charge in [-0.25, -0.2) is 8.42 Å². The summed E-state index contributed by atoms with van der Waals surface area (Å²) < 4.78 is 28.0. The molecule has 2 aromatic rings. The summed E-state index contributed by atoms with van der Waals surface area (Å²) in [6, 6.07) is 10.9. The highest BCUT2D eigenvalue weighted by Gasteiger charge is 2.18. The second kappa shape index (κ2) is 10.3. The van der Waals surface area contributed by atoms with E-state index in [-0.39, 0.29) is 29.6 Å². The summed E-state index contributed by atoms with van der Waals surface area (Å²) >= 11 is 5.82. The fraction of sp³-hybridized carbons (Fsp3) is 0.300. The van der Waals surface area contributed by atoms with E-state index in [2.05, 4.69) is 15.4 Å². The Morgan fingerprint density at radius 2 is 1.59 bits per heavy atom. The summed E-state index contributed by atoms with van der Waals surface area (Å²) in [7, 11) is -3.86. The maximum atomic E-state index is 12.8. The van der Waals surface area contributed by atoms with Crippen molar-refractivity contribution >= 4 is 44.8 Å². The van der Waals surface area contributed by atoms with Crippen molar-refractivity contribution in [1.29, 1.82) is 0 Å². The Hall–Kier alpha value is -2.58. The van der Waals surface area contributed by atoms with Gasteiger partial charge in [0.25, 0.3) is 10.0 Å². The van der Waals surface area contributed by atoms with Crippen LogP contribution in [0.5, 0.6) is 0 Å². The molecule has 0 fully saturated rings. The first kappa shape index (κ1) is 22.7. The van der Waals surface area contributed by atoms with Crippen LogP contribution in [0.4, 0.5) is 11.4 Å². The SMILES string of the molecule is CCCNC(=O)CCC(=O)Nc1ccc(C)c(S(=O)(=O)Nc2ccc(Cl)cc2)c1. The van der Waals surface area contributed by atoms with Crippen LogP contribution >= 0.6 is 11.6 Å². The number of hydrogen-bond donors (Lipinski definition) is 3. The lowest BCUT2D eigenvalue weighted by atomic mass is 10.2. The average Bonchev–Trinajstić information content (AvgIpc) is 2.67. The lowest BCUT2D eigenvalue weighted by Crippen LogP contribution is -2.25. The zero-order chi connectivity index (χ0) is 21.4. The molecule has 29 heavy (non-hydrogen) atoms. The Morgan fingerprint density at radius 1 is 0.966 bits per heavy atom. The predicted molar refractivity (Wildman–Crippen MR) is 115 cm³/mol. The standard InChI is InChI=1S/C20H24ClN3O4S/c1-3-12-22-19(25)10-11-20(26)23-17-7-4-14(2)18(13-17)29(27,28)24-16-8-5-15(21)6-9-16/h4-9,13,24H,3,10-12H2,1-2H3,(H,22,25)(H,23,26). The molecule has 0 aliphatic heterocycles. The third-order valence-corrected chi connectivity index (χ3v) is 5.78. The van der Waals surface area contributed by atoms with E-state index in [1.807, 2.05) is 6.92 Å². The van der Waals surface area contributed by atoms with Gasteiger partial charge in [0.15, 0.2) is 0 Å². The number of benzene rings is 2. The van der Waals surface area contributed by atoms with Crippen molar-refractivity contribution in [3.63, 3.8) is 0 Å². The van der Waals surface area contributed by atoms with Crippen LogP contribution in [0.25, 0.3) is 0 Å². The van der Waals surface area contributed by atoms with E-state index in [4.69, 9.17) is 11.6 Å². The van der Waals surface area contributed by atoms with Crippen molar-refractivity contribution in [2.75, 3.05) is 16.6 Å². The molecule has 0 spiro atoms. The van der Waals surface area contributed by atoms with Gasteiger partial charge in [-0.3, -0.25) is 14.3 Å². The highest BCUT2D eigenvalue weighted by atomic mass is 35.5. The molecule has 0 atom stereocenters. The molecule has 0 heterocycles. The molecule has 156 valence electrons. The van der Waals surface area contributed by atoms with E-state index in [0.29, 0.717) is 28.5 Å². The maximum Gasteiger partial charge on any atom is 0.262 e. The summed E-state index contributed by atoms with van der Waals surface area (Å²) in [5.41, 5.74) is 1.25. The van der Waals surface area contributed by atoms with Crippen LogP contribution in [0.2, 0.25) is 5.02 Å². The van der Waals surface area contributed by atoms with Crippen molar-refractivity contribution in [3.05, 3.63) is 53.1 Å². The summed E-state index contributed by atoms with van der Waals surface area (Å²) in [6.07, 6.45) is 0.901.